The van der Waals surface area contributed by atoms with Gasteiger partial charge in [0, 0.05) is 5.75 Å². The first kappa shape index (κ1) is 20.7. The predicted molar refractivity (Wildman–Crippen MR) is 119 cm³/mol. The second-order valence-electron chi connectivity index (χ2n) is 6.26. The number of benzene rings is 3. The van der Waals surface area contributed by atoms with E-state index in [1.54, 1.807) is 7.11 Å². The van der Waals surface area contributed by atoms with Gasteiger partial charge in [-0.05, 0) is 28.7 Å². The first-order chi connectivity index (χ1) is 13.7. The summed E-state index contributed by atoms with van der Waals surface area (Å²) in [5.74, 6) is 0.413. The molecule has 0 fully saturated rings. The molecule has 5 heteroatoms. The van der Waals surface area contributed by atoms with Crippen molar-refractivity contribution in [1.82, 2.24) is 0 Å². The van der Waals surface area contributed by atoms with Crippen LogP contribution in [0.2, 0.25) is 0 Å². The smallest absolute Gasteiger partial charge is 0.208 e. The second kappa shape index (κ2) is 9.94. The van der Waals surface area contributed by atoms with Gasteiger partial charge in [-0.15, -0.1) is 0 Å². The lowest BCUT2D eigenvalue weighted by Gasteiger charge is -2.35. The Morgan fingerprint density at radius 1 is 0.857 bits per heavy atom. The molecule has 3 aromatic rings. The molecule has 0 spiro atoms. The molecule has 0 heterocycles. The zero-order valence-electron chi connectivity index (χ0n) is 15.7. The Balaban J connectivity index is 2.15. The Bertz CT molecular complexity index is 776. The molecule has 3 nitrogen and oxygen atoms in total. The molecule has 0 aliphatic heterocycles. The van der Waals surface area contributed by atoms with Gasteiger partial charge in [0.15, 0.2) is 0 Å². The van der Waals surface area contributed by atoms with Crippen molar-refractivity contribution in [1.29, 1.82) is 0 Å². The Morgan fingerprint density at radius 3 is 1.61 bits per heavy atom. The Morgan fingerprint density at radius 2 is 1.25 bits per heavy atom. The van der Waals surface area contributed by atoms with Crippen molar-refractivity contribution in [3.63, 3.8) is 0 Å². The molecular formula is C23H23NO2S2. The fourth-order valence-electron chi connectivity index (χ4n) is 3.13. The number of thioether (sulfide) groups is 1. The van der Waals surface area contributed by atoms with Gasteiger partial charge >= 0.3 is 0 Å². The summed E-state index contributed by atoms with van der Waals surface area (Å²) in [5, 5.41) is -0.0684. The van der Waals surface area contributed by atoms with Crippen LogP contribution in [-0.2, 0) is 13.7 Å². The Labute approximate surface area is 174 Å². The third-order valence-corrected chi connectivity index (χ3v) is 6.71. The van der Waals surface area contributed by atoms with Crippen LogP contribution in [0, 0.1) is 0 Å². The van der Waals surface area contributed by atoms with Gasteiger partial charge < -0.3 is 9.92 Å². The van der Waals surface area contributed by atoms with Crippen LogP contribution in [0.4, 0.5) is 0 Å². The lowest BCUT2D eigenvalue weighted by Crippen LogP contribution is -2.36. The van der Waals surface area contributed by atoms with Crippen molar-refractivity contribution in [3.8, 4) is 0 Å². The molecule has 0 bridgehead atoms. The van der Waals surface area contributed by atoms with E-state index in [1.165, 1.54) is 23.8 Å². The van der Waals surface area contributed by atoms with Crippen LogP contribution in [0.3, 0.4) is 0 Å². The normalized spacial score (nSPS) is 12.5. The maximum atomic E-state index is 13.2. The summed E-state index contributed by atoms with van der Waals surface area (Å²) < 4.78 is 4.34. The highest BCUT2D eigenvalue weighted by molar-refractivity contribution is 8.15. The largest absolute Gasteiger partial charge is 0.320 e. The predicted octanol–water partition coefficient (Wildman–Crippen LogP) is 4.86. The minimum Gasteiger partial charge on any atom is -0.320 e. The highest BCUT2D eigenvalue weighted by Crippen LogP contribution is 2.49. The van der Waals surface area contributed by atoms with Crippen LogP contribution in [-0.4, -0.2) is 24.0 Å². The van der Waals surface area contributed by atoms with Crippen LogP contribution >= 0.6 is 23.8 Å². The summed E-state index contributed by atoms with van der Waals surface area (Å²) in [4.78, 5) is 13.2. The zero-order chi connectivity index (χ0) is 19.8. The molecule has 0 radical (unpaired) electrons. The maximum Gasteiger partial charge on any atom is 0.208 e. The van der Waals surface area contributed by atoms with E-state index in [-0.39, 0.29) is 5.12 Å². The Kier molecular flexibility index (Phi) is 7.34. The van der Waals surface area contributed by atoms with Gasteiger partial charge in [0.25, 0.3) is 0 Å². The van der Waals surface area contributed by atoms with Crippen molar-refractivity contribution in [2.45, 2.75) is 10.8 Å². The van der Waals surface area contributed by atoms with E-state index in [0.29, 0.717) is 5.75 Å². The van der Waals surface area contributed by atoms with Crippen LogP contribution in [0.1, 0.15) is 16.7 Å². The van der Waals surface area contributed by atoms with Gasteiger partial charge in [0.2, 0.25) is 5.12 Å². The number of hydrogen-bond donors (Lipinski definition) is 1. The van der Waals surface area contributed by atoms with Crippen LogP contribution < -0.4 is 5.73 Å². The molecule has 0 saturated carbocycles. The number of nitrogens with two attached hydrogens (primary N) is 1. The average molecular weight is 410 g/mol. The van der Waals surface area contributed by atoms with Crippen molar-refractivity contribution < 1.29 is 8.98 Å². The molecule has 0 unspecified atom stereocenters. The summed E-state index contributed by atoms with van der Waals surface area (Å²) >= 11 is 2.48. The first-order valence-electron chi connectivity index (χ1n) is 8.99. The molecule has 0 aliphatic rings. The summed E-state index contributed by atoms with van der Waals surface area (Å²) in [7, 11) is 1.58. The van der Waals surface area contributed by atoms with Gasteiger partial charge in [-0.2, -0.15) is 0 Å². The van der Waals surface area contributed by atoms with Crippen LogP contribution in [0.25, 0.3) is 0 Å². The fraction of sp³-hybridized carbons (Fsp3) is 0.174. The quantitative estimate of drug-likeness (QED) is 0.425. The molecule has 0 aliphatic carbocycles. The van der Waals surface area contributed by atoms with E-state index in [2.05, 4.69) is 36.4 Å². The average Bonchev–Trinajstić information content (AvgIpc) is 2.77. The number of rotatable bonds is 8. The van der Waals surface area contributed by atoms with Gasteiger partial charge in [-0.3, -0.25) is 4.79 Å². The molecule has 28 heavy (non-hydrogen) atoms. The third-order valence-electron chi connectivity index (χ3n) is 4.46. The van der Waals surface area contributed by atoms with E-state index in [4.69, 9.17) is 9.92 Å². The second-order valence-corrected chi connectivity index (χ2v) is 8.38. The molecule has 0 amide bonds. The highest BCUT2D eigenvalue weighted by atomic mass is 32.2. The number of carbonyl (C=O) groups is 1. The number of carbonyl (C=O) groups excluding carboxylic acids is 1. The van der Waals surface area contributed by atoms with Crippen LogP contribution in [0.5, 0.6) is 0 Å². The molecule has 0 aromatic heterocycles. The van der Waals surface area contributed by atoms with E-state index in [0.717, 1.165) is 16.7 Å². The monoisotopic (exact) mass is 409 g/mol. The minimum atomic E-state index is -0.684. The van der Waals surface area contributed by atoms with Gasteiger partial charge in [0.1, 0.15) is 0 Å². The molecule has 144 valence electrons. The summed E-state index contributed by atoms with van der Waals surface area (Å²) in [6.45, 7) is 0. The minimum absolute atomic E-state index is 0.0684. The van der Waals surface area contributed by atoms with E-state index < -0.39 is 10.8 Å². The first-order valence-corrected chi connectivity index (χ1v) is 10.7. The molecular weight excluding hydrogens is 386 g/mol. The molecule has 0 saturated heterocycles. The third kappa shape index (κ3) is 4.50. The fourth-order valence-corrected chi connectivity index (χ4v) is 4.97. The van der Waals surface area contributed by atoms with Crippen molar-refractivity contribution in [2.75, 3.05) is 12.9 Å². The summed E-state index contributed by atoms with van der Waals surface area (Å²) in [6, 6.07) is 29.7. The van der Waals surface area contributed by atoms with Crippen molar-refractivity contribution >= 4 is 28.9 Å². The van der Waals surface area contributed by atoms with E-state index >= 15 is 0 Å². The lowest BCUT2D eigenvalue weighted by atomic mass is 9.84. The van der Waals surface area contributed by atoms with Crippen LogP contribution in [0.15, 0.2) is 91.0 Å². The molecule has 3 rings (SSSR count). The van der Waals surface area contributed by atoms with Crippen molar-refractivity contribution in [3.05, 3.63) is 108 Å². The van der Waals surface area contributed by atoms with Gasteiger partial charge in [0.05, 0.1) is 17.9 Å². The molecule has 3 aromatic carbocycles. The molecule has 1 atom stereocenters. The highest BCUT2D eigenvalue weighted by Gasteiger charge is 2.40. The lowest BCUT2D eigenvalue weighted by molar-refractivity contribution is -0.111. The Hall–Kier alpha value is -2.05. The van der Waals surface area contributed by atoms with Crippen molar-refractivity contribution in [2.24, 2.45) is 5.73 Å². The SMILES string of the molecule is COSC[C@@H](N)C(=O)SC(c1ccccc1)(c1ccccc1)c1ccccc1. The van der Waals surface area contributed by atoms with E-state index in [9.17, 15) is 4.79 Å². The van der Waals surface area contributed by atoms with Gasteiger partial charge in [-0.25, -0.2) is 0 Å². The molecule has 2 N–H and O–H groups in total. The summed E-state index contributed by atoms with van der Waals surface area (Å²) in [5.41, 5.74) is 9.29. The zero-order valence-corrected chi connectivity index (χ0v) is 17.3. The number of hydrogen-bond acceptors (Lipinski definition) is 5. The van der Waals surface area contributed by atoms with Gasteiger partial charge in [-0.1, -0.05) is 103 Å². The summed E-state index contributed by atoms with van der Waals surface area (Å²) in [6.07, 6.45) is 0. The standard InChI is InChI=1S/C23H23NO2S2/c1-26-27-17-21(24)22(25)28-23(18-11-5-2-6-12-18,19-13-7-3-8-14-19)20-15-9-4-10-16-20/h2-16,21H,17,24H2,1H3/t21-/m1/s1. The topological polar surface area (TPSA) is 52.3 Å². The maximum absolute atomic E-state index is 13.2. The van der Waals surface area contributed by atoms with E-state index in [1.807, 2.05) is 54.6 Å².